The van der Waals surface area contributed by atoms with Gasteiger partial charge >= 0.3 is 12.0 Å². The van der Waals surface area contributed by atoms with E-state index in [1.54, 1.807) is 39.2 Å². The number of carbonyl (C=O) groups excluding carboxylic acids is 2. The average Bonchev–Trinajstić information content (AvgIpc) is 3.06. The first kappa shape index (κ1) is 39.1. The Labute approximate surface area is 289 Å². The Kier molecular flexibility index (Phi) is 15.1. The van der Waals surface area contributed by atoms with Crippen molar-refractivity contribution >= 4 is 33.8 Å². The monoisotopic (exact) mass is 700 g/mol. The van der Waals surface area contributed by atoms with E-state index in [0.29, 0.717) is 56.1 Å². The molecule has 2 aromatic carbocycles. The number of carbonyl (C=O) groups is 3. The lowest BCUT2D eigenvalue weighted by Gasteiger charge is -2.36. The fourth-order valence-corrected chi connectivity index (χ4v) is 6.33. The summed E-state index contributed by atoms with van der Waals surface area (Å²) in [6.45, 7) is 9.77. The highest BCUT2D eigenvalue weighted by Crippen LogP contribution is 2.21. The molecule has 0 aromatic heterocycles. The number of nitrogens with one attached hydrogen (secondary N) is 4. The summed E-state index contributed by atoms with van der Waals surface area (Å²) < 4.78 is 40.0. The smallest absolute Gasteiger partial charge is 0.322 e. The quantitative estimate of drug-likeness (QED) is 0.129. The van der Waals surface area contributed by atoms with Crippen molar-refractivity contribution in [2.75, 3.05) is 64.5 Å². The molecule has 1 heterocycles. The van der Waals surface area contributed by atoms with Crippen LogP contribution in [0.3, 0.4) is 0 Å². The lowest BCUT2D eigenvalue weighted by molar-refractivity contribution is -0.140. The second-order valence-corrected chi connectivity index (χ2v) is 13.8. The van der Waals surface area contributed by atoms with Gasteiger partial charge in [-0.25, -0.2) is 4.79 Å². The van der Waals surface area contributed by atoms with Crippen molar-refractivity contribution in [3.63, 3.8) is 0 Å². The summed E-state index contributed by atoms with van der Waals surface area (Å²) in [5.41, 5.74) is 2.62. The number of amides is 3. The third kappa shape index (κ3) is 12.6. The van der Waals surface area contributed by atoms with Gasteiger partial charge < -0.3 is 35.4 Å². The topological polar surface area (TPSA) is 179 Å². The molecule has 49 heavy (non-hydrogen) atoms. The number of carboxylic acid groups (broad SMARTS) is 1. The number of hydrogen-bond acceptors (Lipinski definition) is 8. The number of ether oxygens (including phenoxy) is 2. The number of piperazine rings is 1. The van der Waals surface area contributed by atoms with Gasteiger partial charge in [-0.1, -0.05) is 25.7 Å². The first-order valence-electron chi connectivity index (χ1n) is 16.3. The normalized spacial score (nSPS) is 14.1. The molecule has 1 atom stereocenters. The van der Waals surface area contributed by atoms with E-state index in [-0.39, 0.29) is 37.7 Å². The lowest BCUT2D eigenvalue weighted by atomic mass is 10.1. The van der Waals surface area contributed by atoms with Crippen LogP contribution in [0.15, 0.2) is 42.5 Å². The fourth-order valence-electron chi connectivity index (χ4n) is 4.84. The van der Waals surface area contributed by atoms with Gasteiger partial charge in [0.2, 0.25) is 0 Å². The molecule has 1 fully saturated rings. The molecule has 3 rings (SSSR count). The van der Waals surface area contributed by atoms with Crippen molar-refractivity contribution in [3.8, 4) is 17.6 Å². The number of carboxylic acids is 1. The molecule has 5 N–H and O–H groups in total. The van der Waals surface area contributed by atoms with Gasteiger partial charge in [0.1, 0.15) is 18.4 Å². The van der Waals surface area contributed by atoms with Crippen LogP contribution in [0.1, 0.15) is 55.6 Å². The minimum absolute atomic E-state index is 0.0315. The van der Waals surface area contributed by atoms with Crippen LogP contribution in [-0.4, -0.2) is 107 Å². The lowest BCUT2D eigenvalue weighted by Crippen LogP contribution is -2.55. The maximum Gasteiger partial charge on any atom is 0.322 e. The van der Waals surface area contributed by atoms with Gasteiger partial charge in [0, 0.05) is 69.2 Å². The van der Waals surface area contributed by atoms with Crippen LogP contribution in [-0.2, 0) is 19.7 Å². The summed E-state index contributed by atoms with van der Waals surface area (Å²) in [4.78, 5) is 38.4. The third-order valence-electron chi connectivity index (χ3n) is 7.48. The molecule has 1 unspecified atom stereocenters. The molecule has 2 aromatic rings. The van der Waals surface area contributed by atoms with E-state index in [0.717, 1.165) is 11.3 Å². The predicted octanol–water partition coefficient (Wildman–Crippen LogP) is 2.00. The van der Waals surface area contributed by atoms with Crippen molar-refractivity contribution in [2.45, 2.75) is 46.2 Å². The molecule has 14 nitrogen and oxygen atoms in total. The molecule has 0 spiro atoms. The zero-order chi connectivity index (χ0) is 36.0. The van der Waals surface area contributed by atoms with E-state index in [9.17, 15) is 27.9 Å². The van der Waals surface area contributed by atoms with E-state index in [4.69, 9.17) is 9.47 Å². The average molecular weight is 701 g/mol. The number of nitrogens with zero attached hydrogens (tertiary/aromatic N) is 2. The summed E-state index contributed by atoms with van der Waals surface area (Å²) in [6, 6.07) is 11.3. The first-order valence-corrected chi connectivity index (χ1v) is 17.7. The SMILES string of the molecule is COCCOc1ccc(C#Cc2ccc(N3CCN(S(=O)(=O)NC(C(=O)O)C(C)C)CC3)cc2)cc1C(=O)NCCCNC(=O)NC(C)C. The van der Waals surface area contributed by atoms with Gasteiger partial charge in [-0.15, -0.1) is 0 Å². The van der Waals surface area contributed by atoms with Crippen molar-refractivity contribution < 1.29 is 37.4 Å². The van der Waals surface area contributed by atoms with Crippen LogP contribution in [0.2, 0.25) is 0 Å². The maximum absolute atomic E-state index is 13.1. The maximum atomic E-state index is 13.1. The number of urea groups is 1. The first-order chi connectivity index (χ1) is 23.3. The van der Waals surface area contributed by atoms with E-state index < -0.39 is 28.1 Å². The third-order valence-corrected chi connectivity index (χ3v) is 9.08. The number of anilines is 1. The fraction of sp³-hybridized carbons (Fsp3) is 0.500. The molecule has 0 radical (unpaired) electrons. The van der Waals surface area contributed by atoms with Gasteiger partial charge in [-0.3, -0.25) is 9.59 Å². The second-order valence-electron chi connectivity index (χ2n) is 12.1. The Hall–Kier alpha value is -4.36. The molecule has 1 aliphatic heterocycles. The van der Waals surface area contributed by atoms with E-state index >= 15 is 0 Å². The van der Waals surface area contributed by atoms with Crippen LogP contribution in [0.4, 0.5) is 10.5 Å². The second kappa shape index (κ2) is 19.0. The van der Waals surface area contributed by atoms with E-state index in [2.05, 4.69) is 37.4 Å². The van der Waals surface area contributed by atoms with Gasteiger partial charge in [-0.05, 0) is 68.7 Å². The molecule has 3 amide bonds. The number of hydrogen-bond donors (Lipinski definition) is 5. The molecule has 268 valence electrons. The van der Waals surface area contributed by atoms with Crippen LogP contribution in [0, 0.1) is 17.8 Å². The van der Waals surface area contributed by atoms with Crippen LogP contribution >= 0.6 is 0 Å². The number of methoxy groups -OCH3 is 1. The predicted molar refractivity (Wildman–Crippen MR) is 187 cm³/mol. The molecule has 0 saturated carbocycles. The van der Waals surface area contributed by atoms with Gasteiger partial charge in [0.15, 0.2) is 0 Å². The number of rotatable bonds is 16. The van der Waals surface area contributed by atoms with Crippen molar-refractivity contribution in [3.05, 3.63) is 59.2 Å². The van der Waals surface area contributed by atoms with Gasteiger partial charge in [-0.2, -0.15) is 17.4 Å². The minimum atomic E-state index is -3.95. The summed E-state index contributed by atoms with van der Waals surface area (Å²) >= 11 is 0. The van der Waals surface area contributed by atoms with Gasteiger partial charge in [0.05, 0.1) is 12.2 Å². The summed E-state index contributed by atoms with van der Waals surface area (Å²) in [5.74, 6) is 4.71. The summed E-state index contributed by atoms with van der Waals surface area (Å²) in [5, 5.41) is 17.7. The van der Waals surface area contributed by atoms with Crippen molar-refractivity contribution in [1.82, 2.24) is 25.0 Å². The van der Waals surface area contributed by atoms with Crippen molar-refractivity contribution in [2.24, 2.45) is 5.92 Å². The van der Waals surface area contributed by atoms with Crippen LogP contribution in [0.5, 0.6) is 5.75 Å². The molecule has 0 aliphatic carbocycles. The molecule has 0 bridgehead atoms. The molecule has 15 heteroatoms. The minimum Gasteiger partial charge on any atom is -0.490 e. The molecular weight excluding hydrogens is 652 g/mol. The molecule has 1 aliphatic rings. The Morgan fingerprint density at radius 2 is 1.53 bits per heavy atom. The zero-order valence-corrected chi connectivity index (χ0v) is 29.6. The summed E-state index contributed by atoms with van der Waals surface area (Å²) in [6.07, 6.45) is 0.546. The van der Waals surface area contributed by atoms with Crippen LogP contribution < -0.4 is 30.3 Å². The standard InChI is InChI=1S/C34H48N6O8S/c1-24(2)31(33(42)43)38-49(45,46)40-19-17-39(18-20-40)28-12-9-26(10-13-28)7-8-27-11-14-30(48-22-21-47-5)29(23-27)32(41)35-15-6-16-36-34(44)37-25(3)4/h9-14,23-25,31,38H,6,15-22H2,1-5H3,(H,35,41)(H,42,43)(H2,36,37,44). The zero-order valence-electron chi connectivity index (χ0n) is 28.7. The number of benzene rings is 2. The summed E-state index contributed by atoms with van der Waals surface area (Å²) in [7, 11) is -2.38. The highest BCUT2D eigenvalue weighted by molar-refractivity contribution is 7.87. The highest BCUT2D eigenvalue weighted by atomic mass is 32.2. The Bertz CT molecular complexity index is 1580. The van der Waals surface area contributed by atoms with Crippen molar-refractivity contribution in [1.29, 1.82) is 0 Å². The van der Waals surface area contributed by atoms with E-state index in [1.165, 1.54) is 4.31 Å². The highest BCUT2D eigenvalue weighted by Gasteiger charge is 2.33. The largest absolute Gasteiger partial charge is 0.490 e. The Morgan fingerprint density at radius 3 is 2.14 bits per heavy atom. The van der Waals surface area contributed by atoms with Crippen LogP contribution in [0.25, 0.3) is 0 Å². The molecular formula is C34H48N6O8S. The Morgan fingerprint density at radius 1 is 0.898 bits per heavy atom. The molecule has 1 saturated heterocycles. The van der Waals surface area contributed by atoms with Gasteiger partial charge in [0.25, 0.3) is 16.1 Å². The Balaban J connectivity index is 1.61. The van der Waals surface area contributed by atoms with E-state index in [1.807, 2.05) is 38.1 Å². The number of aliphatic carboxylic acids is 1.